The van der Waals surface area contributed by atoms with Gasteiger partial charge in [-0.15, -0.1) is 0 Å². The molecule has 0 atom stereocenters. The molecule has 0 saturated heterocycles. The van der Waals surface area contributed by atoms with E-state index in [9.17, 15) is 5.11 Å². The van der Waals surface area contributed by atoms with Crippen molar-refractivity contribution in [1.29, 1.82) is 0 Å². The number of pyridine rings is 1. The number of phenols is 1. The third-order valence-electron chi connectivity index (χ3n) is 2.84. The SMILES string of the molecule is Oc1cccc2c(NCc3ccccn3)nc(Cl)nc12. The molecule has 0 saturated carbocycles. The van der Waals surface area contributed by atoms with E-state index < -0.39 is 0 Å². The number of nitrogens with zero attached hydrogens (tertiary/aromatic N) is 3. The van der Waals surface area contributed by atoms with Crippen LogP contribution in [-0.4, -0.2) is 20.1 Å². The number of hydrogen-bond acceptors (Lipinski definition) is 5. The van der Waals surface area contributed by atoms with E-state index in [0.717, 1.165) is 5.69 Å². The van der Waals surface area contributed by atoms with E-state index in [1.807, 2.05) is 24.3 Å². The van der Waals surface area contributed by atoms with Crippen LogP contribution >= 0.6 is 11.6 Å². The highest BCUT2D eigenvalue weighted by atomic mass is 35.5. The Morgan fingerprint density at radius 2 is 2.00 bits per heavy atom. The Morgan fingerprint density at radius 1 is 1.10 bits per heavy atom. The van der Waals surface area contributed by atoms with Gasteiger partial charge in [0.2, 0.25) is 5.28 Å². The number of aromatic nitrogens is 3. The van der Waals surface area contributed by atoms with Crippen molar-refractivity contribution in [3.63, 3.8) is 0 Å². The lowest BCUT2D eigenvalue weighted by Gasteiger charge is -2.09. The van der Waals surface area contributed by atoms with Crippen molar-refractivity contribution in [2.24, 2.45) is 0 Å². The minimum atomic E-state index is 0.0766. The van der Waals surface area contributed by atoms with Crippen molar-refractivity contribution in [3.05, 3.63) is 53.6 Å². The summed E-state index contributed by atoms with van der Waals surface area (Å²) < 4.78 is 0. The number of para-hydroxylation sites is 1. The second-order valence-corrected chi connectivity index (χ2v) is 4.53. The Hall–Kier alpha value is -2.40. The van der Waals surface area contributed by atoms with Crippen LogP contribution in [0.4, 0.5) is 5.82 Å². The van der Waals surface area contributed by atoms with Crippen LogP contribution in [0.2, 0.25) is 5.28 Å². The molecule has 2 aromatic heterocycles. The zero-order valence-electron chi connectivity index (χ0n) is 10.4. The Kier molecular flexibility index (Phi) is 3.35. The number of anilines is 1. The maximum atomic E-state index is 9.82. The molecule has 100 valence electrons. The van der Waals surface area contributed by atoms with Gasteiger partial charge in [-0.05, 0) is 35.9 Å². The molecule has 3 aromatic rings. The van der Waals surface area contributed by atoms with Gasteiger partial charge >= 0.3 is 0 Å². The Labute approximate surface area is 120 Å². The van der Waals surface area contributed by atoms with Gasteiger partial charge in [-0.3, -0.25) is 4.98 Å². The summed E-state index contributed by atoms with van der Waals surface area (Å²) in [5.74, 6) is 0.647. The van der Waals surface area contributed by atoms with Crippen LogP contribution in [0.25, 0.3) is 10.9 Å². The molecule has 2 N–H and O–H groups in total. The molecule has 0 radical (unpaired) electrons. The number of aromatic hydroxyl groups is 1. The predicted octanol–water partition coefficient (Wildman–Crippen LogP) is 3.00. The molecule has 20 heavy (non-hydrogen) atoms. The van der Waals surface area contributed by atoms with E-state index in [1.54, 1.807) is 18.3 Å². The molecule has 0 spiro atoms. The predicted molar refractivity (Wildman–Crippen MR) is 77.8 cm³/mol. The molecular formula is C14H11ClN4O. The molecule has 1 aromatic carbocycles. The number of hydrogen-bond donors (Lipinski definition) is 2. The highest BCUT2D eigenvalue weighted by Crippen LogP contribution is 2.28. The molecule has 6 heteroatoms. The van der Waals surface area contributed by atoms with E-state index in [-0.39, 0.29) is 11.0 Å². The Morgan fingerprint density at radius 3 is 2.80 bits per heavy atom. The zero-order chi connectivity index (χ0) is 13.9. The molecule has 0 aliphatic heterocycles. The van der Waals surface area contributed by atoms with Gasteiger partial charge in [0.1, 0.15) is 17.1 Å². The number of benzene rings is 1. The maximum Gasteiger partial charge on any atom is 0.225 e. The van der Waals surface area contributed by atoms with Gasteiger partial charge in [0.25, 0.3) is 0 Å². The molecule has 0 unspecified atom stereocenters. The van der Waals surface area contributed by atoms with Gasteiger partial charge in [-0.2, -0.15) is 0 Å². The molecular weight excluding hydrogens is 276 g/mol. The van der Waals surface area contributed by atoms with E-state index >= 15 is 0 Å². The highest BCUT2D eigenvalue weighted by molar-refractivity contribution is 6.28. The monoisotopic (exact) mass is 286 g/mol. The molecule has 0 amide bonds. The van der Waals surface area contributed by atoms with Gasteiger partial charge in [0.05, 0.1) is 12.2 Å². The van der Waals surface area contributed by atoms with E-state index in [4.69, 9.17) is 11.6 Å². The normalized spacial score (nSPS) is 10.7. The largest absolute Gasteiger partial charge is 0.506 e. The fourth-order valence-corrected chi connectivity index (χ4v) is 2.09. The average Bonchev–Trinajstić information content (AvgIpc) is 2.47. The van der Waals surface area contributed by atoms with Crippen LogP contribution in [0, 0.1) is 0 Å². The van der Waals surface area contributed by atoms with Crippen LogP contribution in [0.5, 0.6) is 5.75 Å². The molecule has 0 aliphatic carbocycles. The first-order valence-electron chi connectivity index (χ1n) is 6.03. The second kappa shape index (κ2) is 5.30. The number of rotatable bonds is 3. The first-order chi connectivity index (χ1) is 9.74. The molecule has 0 aliphatic rings. The van der Waals surface area contributed by atoms with Crippen molar-refractivity contribution in [3.8, 4) is 5.75 Å². The number of halogens is 1. The lowest BCUT2D eigenvalue weighted by Crippen LogP contribution is -2.04. The molecule has 0 bridgehead atoms. The smallest absolute Gasteiger partial charge is 0.225 e. The van der Waals surface area contributed by atoms with Gasteiger partial charge in [-0.25, -0.2) is 9.97 Å². The molecule has 3 rings (SSSR count). The van der Waals surface area contributed by atoms with Crippen LogP contribution in [0.3, 0.4) is 0 Å². The topological polar surface area (TPSA) is 70.9 Å². The Bertz CT molecular complexity index is 749. The number of fused-ring (bicyclic) bond motifs is 1. The van der Waals surface area contributed by atoms with Gasteiger partial charge in [0.15, 0.2) is 0 Å². The summed E-state index contributed by atoms with van der Waals surface area (Å²) in [5, 5.41) is 13.8. The van der Waals surface area contributed by atoms with E-state index in [2.05, 4.69) is 20.3 Å². The lowest BCUT2D eigenvalue weighted by atomic mass is 10.2. The van der Waals surface area contributed by atoms with Gasteiger partial charge in [0, 0.05) is 11.6 Å². The summed E-state index contributed by atoms with van der Waals surface area (Å²) >= 11 is 5.89. The first kappa shape index (κ1) is 12.6. The van der Waals surface area contributed by atoms with Crippen molar-refractivity contribution in [1.82, 2.24) is 15.0 Å². The van der Waals surface area contributed by atoms with Gasteiger partial charge in [-0.1, -0.05) is 12.1 Å². The van der Waals surface area contributed by atoms with E-state index in [0.29, 0.717) is 23.3 Å². The van der Waals surface area contributed by atoms with Crippen LogP contribution in [-0.2, 0) is 6.54 Å². The summed E-state index contributed by atoms with van der Waals surface area (Å²) in [6.07, 6.45) is 1.73. The quantitative estimate of drug-likeness (QED) is 0.724. The average molecular weight is 287 g/mol. The number of nitrogens with one attached hydrogen (secondary N) is 1. The van der Waals surface area contributed by atoms with Gasteiger partial charge < -0.3 is 10.4 Å². The van der Waals surface area contributed by atoms with Crippen molar-refractivity contribution < 1.29 is 5.11 Å². The zero-order valence-corrected chi connectivity index (χ0v) is 11.2. The summed E-state index contributed by atoms with van der Waals surface area (Å²) in [7, 11) is 0. The third kappa shape index (κ3) is 2.48. The summed E-state index contributed by atoms with van der Waals surface area (Å²) in [4.78, 5) is 12.4. The lowest BCUT2D eigenvalue weighted by molar-refractivity contribution is 0.480. The summed E-state index contributed by atoms with van der Waals surface area (Å²) in [6.45, 7) is 0.513. The number of phenolic OH excluding ortho intramolecular Hbond substituents is 1. The fourth-order valence-electron chi connectivity index (χ4n) is 1.92. The van der Waals surface area contributed by atoms with Crippen molar-refractivity contribution in [2.75, 3.05) is 5.32 Å². The highest BCUT2D eigenvalue weighted by Gasteiger charge is 2.09. The van der Waals surface area contributed by atoms with Crippen LogP contribution in [0.1, 0.15) is 5.69 Å². The van der Waals surface area contributed by atoms with E-state index in [1.165, 1.54) is 0 Å². The molecule has 0 fully saturated rings. The van der Waals surface area contributed by atoms with Crippen LogP contribution < -0.4 is 5.32 Å². The summed E-state index contributed by atoms with van der Waals surface area (Å²) in [6, 6.07) is 10.8. The Balaban J connectivity index is 1.97. The minimum Gasteiger partial charge on any atom is -0.506 e. The minimum absolute atomic E-state index is 0.0766. The standard InChI is InChI=1S/C14H11ClN4O/c15-14-18-12-10(5-3-6-11(12)20)13(19-14)17-8-9-4-1-2-7-16-9/h1-7,20H,8H2,(H,17,18,19). The third-order valence-corrected chi connectivity index (χ3v) is 3.01. The fraction of sp³-hybridized carbons (Fsp3) is 0.0714. The van der Waals surface area contributed by atoms with Crippen molar-refractivity contribution >= 4 is 28.3 Å². The second-order valence-electron chi connectivity index (χ2n) is 4.19. The van der Waals surface area contributed by atoms with Crippen molar-refractivity contribution in [2.45, 2.75) is 6.54 Å². The maximum absolute atomic E-state index is 9.82. The first-order valence-corrected chi connectivity index (χ1v) is 6.41. The van der Waals surface area contributed by atoms with Crippen LogP contribution in [0.15, 0.2) is 42.6 Å². The molecule has 2 heterocycles. The summed E-state index contributed by atoms with van der Waals surface area (Å²) in [5.41, 5.74) is 1.31. The molecule has 5 nitrogen and oxygen atoms in total.